The third kappa shape index (κ3) is 7.47. The molecule has 0 radical (unpaired) electrons. The van der Waals surface area contributed by atoms with Crippen molar-refractivity contribution in [3.8, 4) is 5.75 Å². The zero-order chi connectivity index (χ0) is 22.1. The van der Waals surface area contributed by atoms with E-state index in [4.69, 9.17) is 16.3 Å². The monoisotopic (exact) mass is 542 g/mol. The number of rotatable bonds is 10. The molecule has 5 nitrogen and oxygen atoms in total. The van der Waals surface area contributed by atoms with E-state index in [1.54, 1.807) is 17.0 Å². The molecule has 0 fully saturated rings. The van der Waals surface area contributed by atoms with Gasteiger partial charge in [0.2, 0.25) is 5.91 Å². The van der Waals surface area contributed by atoms with Crippen LogP contribution in [0.2, 0.25) is 5.02 Å². The molecule has 2 rings (SSSR count). The topological polar surface area (TPSA) is 58.6 Å². The molecule has 2 amide bonds. The van der Waals surface area contributed by atoms with Gasteiger partial charge >= 0.3 is 0 Å². The van der Waals surface area contributed by atoms with Gasteiger partial charge in [-0.05, 0) is 84.3 Å². The molecule has 0 bridgehead atoms. The average molecular weight is 543 g/mol. The van der Waals surface area contributed by atoms with Crippen molar-refractivity contribution in [3.05, 3.63) is 62.7 Å². The minimum absolute atomic E-state index is 0.0436. The lowest BCUT2D eigenvalue weighted by Crippen LogP contribution is -2.51. The third-order valence-corrected chi connectivity index (χ3v) is 5.80. The molecule has 0 spiro atoms. The van der Waals surface area contributed by atoms with E-state index in [2.05, 4.69) is 27.9 Å². The number of hydrogen-bond acceptors (Lipinski definition) is 3. The van der Waals surface area contributed by atoms with Crippen molar-refractivity contribution in [1.29, 1.82) is 0 Å². The van der Waals surface area contributed by atoms with Crippen LogP contribution in [0.5, 0.6) is 5.75 Å². The summed E-state index contributed by atoms with van der Waals surface area (Å²) in [6.45, 7) is 6.04. The van der Waals surface area contributed by atoms with E-state index in [-0.39, 0.29) is 24.5 Å². The van der Waals surface area contributed by atoms with Gasteiger partial charge in [-0.15, -0.1) is 0 Å². The highest BCUT2D eigenvalue weighted by molar-refractivity contribution is 14.1. The second-order valence-electron chi connectivity index (χ2n) is 7.13. The highest BCUT2D eigenvalue weighted by Crippen LogP contribution is 2.17. The van der Waals surface area contributed by atoms with Crippen molar-refractivity contribution >= 4 is 46.0 Å². The Kier molecular flexibility index (Phi) is 9.91. The highest BCUT2D eigenvalue weighted by Gasteiger charge is 2.29. The lowest BCUT2D eigenvalue weighted by Gasteiger charge is -2.31. The van der Waals surface area contributed by atoms with E-state index < -0.39 is 6.04 Å². The number of halogens is 2. The number of ether oxygens (including phenoxy) is 1. The van der Waals surface area contributed by atoms with Gasteiger partial charge in [0.15, 0.2) is 6.61 Å². The summed E-state index contributed by atoms with van der Waals surface area (Å²) in [7, 11) is 0. The molecule has 7 heteroatoms. The van der Waals surface area contributed by atoms with E-state index in [1.807, 2.05) is 57.2 Å². The van der Waals surface area contributed by atoms with E-state index in [0.717, 1.165) is 15.6 Å². The van der Waals surface area contributed by atoms with E-state index in [1.165, 1.54) is 0 Å². The minimum atomic E-state index is -0.581. The first kappa shape index (κ1) is 24.5. The van der Waals surface area contributed by atoms with Gasteiger partial charge in [-0.3, -0.25) is 9.59 Å². The Hall–Kier alpha value is -1.80. The molecule has 0 aliphatic rings. The number of carbonyl (C=O) groups is 2. The van der Waals surface area contributed by atoms with Crippen LogP contribution in [0.4, 0.5) is 0 Å². The summed E-state index contributed by atoms with van der Waals surface area (Å²) in [5.74, 6) is 0.227. The van der Waals surface area contributed by atoms with Crippen LogP contribution in [-0.2, 0) is 16.1 Å². The van der Waals surface area contributed by atoms with Crippen molar-refractivity contribution in [2.24, 2.45) is 0 Å². The summed E-state index contributed by atoms with van der Waals surface area (Å²) >= 11 is 8.20. The number of nitrogens with zero attached hydrogens (tertiary/aromatic N) is 1. The first-order valence-electron chi connectivity index (χ1n) is 10.1. The van der Waals surface area contributed by atoms with Crippen LogP contribution in [0.1, 0.15) is 39.2 Å². The van der Waals surface area contributed by atoms with Crippen LogP contribution in [0.25, 0.3) is 0 Å². The summed E-state index contributed by atoms with van der Waals surface area (Å²) < 4.78 is 6.78. The predicted molar refractivity (Wildman–Crippen MR) is 129 cm³/mol. The Labute approximate surface area is 197 Å². The fraction of sp³-hybridized carbons (Fsp3) is 0.391. The van der Waals surface area contributed by atoms with Gasteiger partial charge in [0.25, 0.3) is 5.91 Å². The van der Waals surface area contributed by atoms with Gasteiger partial charge in [0, 0.05) is 21.2 Å². The molecular formula is C23H28ClIN2O3. The van der Waals surface area contributed by atoms with E-state index >= 15 is 0 Å². The summed E-state index contributed by atoms with van der Waals surface area (Å²) in [5.41, 5.74) is 0.900. The van der Waals surface area contributed by atoms with Crippen molar-refractivity contribution < 1.29 is 14.3 Å². The summed E-state index contributed by atoms with van der Waals surface area (Å²) in [4.78, 5) is 27.6. The second kappa shape index (κ2) is 12.2. The standard InChI is InChI=1S/C23H28ClIN2O3/c1-4-16(3)26-23(29)21(5-2)27(14-17-6-8-18(24)9-7-17)22(28)15-30-20-12-10-19(25)11-13-20/h6-13,16,21H,4-5,14-15H2,1-3H3,(H,26,29)/t16-,21-/m0/s1. The maximum atomic E-state index is 13.1. The highest BCUT2D eigenvalue weighted by atomic mass is 127. The minimum Gasteiger partial charge on any atom is -0.484 e. The molecule has 2 aromatic rings. The summed E-state index contributed by atoms with van der Waals surface area (Å²) in [5, 5.41) is 3.62. The van der Waals surface area contributed by atoms with Crippen LogP contribution in [-0.4, -0.2) is 35.4 Å². The molecule has 0 saturated carbocycles. The molecule has 0 aromatic heterocycles. The first-order valence-corrected chi connectivity index (χ1v) is 11.5. The Bertz CT molecular complexity index is 827. The molecule has 2 aromatic carbocycles. The van der Waals surface area contributed by atoms with Crippen molar-refractivity contribution in [3.63, 3.8) is 0 Å². The average Bonchev–Trinajstić information content (AvgIpc) is 2.74. The van der Waals surface area contributed by atoms with Crippen LogP contribution in [0.15, 0.2) is 48.5 Å². The lowest BCUT2D eigenvalue weighted by atomic mass is 10.1. The molecule has 0 aliphatic heterocycles. The van der Waals surface area contributed by atoms with Gasteiger partial charge in [-0.1, -0.05) is 37.6 Å². The van der Waals surface area contributed by atoms with Gasteiger partial charge in [0.05, 0.1) is 0 Å². The van der Waals surface area contributed by atoms with E-state index in [0.29, 0.717) is 23.7 Å². The van der Waals surface area contributed by atoms with Crippen LogP contribution >= 0.6 is 34.2 Å². The molecule has 2 atom stereocenters. The maximum Gasteiger partial charge on any atom is 0.261 e. The van der Waals surface area contributed by atoms with Crippen molar-refractivity contribution in [2.75, 3.05) is 6.61 Å². The van der Waals surface area contributed by atoms with Gasteiger partial charge in [0.1, 0.15) is 11.8 Å². The predicted octanol–water partition coefficient (Wildman–Crippen LogP) is 5.05. The molecule has 0 heterocycles. The zero-order valence-corrected chi connectivity index (χ0v) is 20.4. The normalized spacial score (nSPS) is 12.7. The Morgan fingerprint density at radius 3 is 2.27 bits per heavy atom. The Morgan fingerprint density at radius 2 is 1.70 bits per heavy atom. The number of benzene rings is 2. The SMILES string of the molecule is CC[C@H](C)NC(=O)[C@H](CC)N(Cc1ccc(Cl)cc1)C(=O)COc1ccc(I)cc1. The molecule has 0 aliphatic carbocycles. The van der Waals surface area contributed by atoms with Crippen LogP contribution in [0, 0.1) is 3.57 Å². The number of hydrogen-bond donors (Lipinski definition) is 1. The number of carbonyl (C=O) groups excluding carboxylic acids is 2. The molecule has 0 unspecified atom stereocenters. The summed E-state index contributed by atoms with van der Waals surface area (Å²) in [6, 6.07) is 14.2. The molecular weight excluding hydrogens is 515 g/mol. The second-order valence-corrected chi connectivity index (χ2v) is 8.81. The van der Waals surface area contributed by atoms with Gasteiger partial charge < -0.3 is 15.0 Å². The quantitative estimate of drug-likeness (QED) is 0.428. The fourth-order valence-electron chi connectivity index (χ4n) is 2.91. The van der Waals surface area contributed by atoms with Gasteiger partial charge in [-0.25, -0.2) is 0 Å². The first-order chi connectivity index (χ1) is 14.3. The smallest absolute Gasteiger partial charge is 0.261 e. The molecule has 162 valence electrons. The number of amides is 2. The maximum absolute atomic E-state index is 13.1. The molecule has 0 saturated heterocycles. The van der Waals surface area contributed by atoms with Crippen molar-refractivity contribution in [1.82, 2.24) is 10.2 Å². The third-order valence-electron chi connectivity index (χ3n) is 4.83. The molecule has 30 heavy (non-hydrogen) atoms. The number of nitrogens with one attached hydrogen (secondary N) is 1. The van der Waals surface area contributed by atoms with E-state index in [9.17, 15) is 9.59 Å². The van der Waals surface area contributed by atoms with Crippen LogP contribution < -0.4 is 10.1 Å². The fourth-order valence-corrected chi connectivity index (χ4v) is 3.39. The van der Waals surface area contributed by atoms with Crippen LogP contribution in [0.3, 0.4) is 0 Å². The lowest BCUT2D eigenvalue weighted by molar-refractivity contribution is -0.143. The largest absolute Gasteiger partial charge is 0.484 e. The zero-order valence-electron chi connectivity index (χ0n) is 17.5. The van der Waals surface area contributed by atoms with Crippen molar-refractivity contribution in [2.45, 2.75) is 52.2 Å². The molecule has 1 N–H and O–H groups in total. The Morgan fingerprint density at radius 1 is 1.07 bits per heavy atom. The Balaban J connectivity index is 2.19. The van der Waals surface area contributed by atoms with Gasteiger partial charge in [-0.2, -0.15) is 0 Å². The summed E-state index contributed by atoms with van der Waals surface area (Å²) in [6.07, 6.45) is 1.33.